The van der Waals surface area contributed by atoms with E-state index in [1.54, 1.807) is 0 Å². The molecule has 0 aromatic heterocycles. The highest BCUT2D eigenvalue weighted by Gasteiger charge is 2.56. The Morgan fingerprint density at radius 1 is 1.57 bits per heavy atom. The van der Waals surface area contributed by atoms with Gasteiger partial charge in [-0.05, 0) is 25.2 Å². The summed E-state index contributed by atoms with van der Waals surface area (Å²) in [4.78, 5) is 11.4. The molecule has 0 bridgehead atoms. The lowest BCUT2D eigenvalue weighted by atomic mass is 10.1. The smallest absolute Gasteiger partial charge is 0.226 e. The van der Waals surface area contributed by atoms with Crippen LogP contribution in [0.5, 0.6) is 0 Å². The summed E-state index contributed by atoms with van der Waals surface area (Å²) in [5.74, 6) is 0.497. The van der Waals surface area contributed by atoms with Crippen molar-refractivity contribution in [3.8, 4) is 0 Å². The van der Waals surface area contributed by atoms with Gasteiger partial charge in [0.25, 0.3) is 0 Å². The molecular formula is C10H17Cl2NO. The number of amides is 1. The summed E-state index contributed by atoms with van der Waals surface area (Å²) in [6.07, 6.45) is 2.75. The molecule has 0 spiro atoms. The van der Waals surface area contributed by atoms with Crippen LogP contribution in [-0.4, -0.2) is 16.8 Å². The van der Waals surface area contributed by atoms with Crippen LogP contribution in [-0.2, 0) is 4.79 Å². The first-order valence-electron chi connectivity index (χ1n) is 5.09. The molecular weight excluding hydrogens is 221 g/mol. The van der Waals surface area contributed by atoms with Gasteiger partial charge in [-0.25, -0.2) is 0 Å². The monoisotopic (exact) mass is 237 g/mol. The second-order valence-electron chi connectivity index (χ2n) is 4.34. The maximum Gasteiger partial charge on any atom is 0.226 e. The highest BCUT2D eigenvalue weighted by Crippen LogP contribution is 2.53. The van der Waals surface area contributed by atoms with Gasteiger partial charge in [0, 0.05) is 6.54 Å². The molecule has 82 valence electrons. The Morgan fingerprint density at radius 3 is 2.57 bits per heavy atom. The van der Waals surface area contributed by atoms with Crippen LogP contribution in [0.15, 0.2) is 0 Å². The van der Waals surface area contributed by atoms with Crippen LogP contribution in [0.2, 0.25) is 0 Å². The number of carbonyl (C=O) groups excluding carboxylic acids is 1. The Labute approximate surface area is 95.3 Å². The first kappa shape index (κ1) is 12.1. The van der Waals surface area contributed by atoms with Gasteiger partial charge in [0.05, 0.1) is 5.92 Å². The zero-order valence-electron chi connectivity index (χ0n) is 8.65. The van der Waals surface area contributed by atoms with Crippen LogP contribution in [0.4, 0.5) is 0 Å². The van der Waals surface area contributed by atoms with E-state index in [4.69, 9.17) is 23.2 Å². The van der Waals surface area contributed by atoms with E-state index in [1.807, 2.05) is 0 Å². The lowest BCUT2D eigenvalue weighted by Crippen LogP contribution is -2.27. The molecule has 1 fully saturated rings. The standard InChI is InChI=1S/C10H17Cl2NO/c1-7(2)4-3-5-13-9(14)8-6-10(8,11)12/h7-8H,3-6H2,1-2H3,(H,13,14). The second kappa shape index (κ2) is 4.71. The van der Waals surface area contributed by atoms with Gasteiger partial charge < -0.3 is 5.32 Å². The lowest BCUT2D eigenvalue weighted by molar-refractivity contribution is -0.122. The number of halogens is 2. The van der Waals surface area contributed by atoms with Crippen molar-refractivity contribution in [2.45, 2.75) is 37.4 Å². The van der Waals surface area contributed by atoms with Crippen LogP contribution in [0.3, 0.4) is 0 Å². The summed E-state index contributed by atoms with van der Waals surface area (Å²) >= 11 is 11.5. The Bertz CT molecular complexity index is 216. The minimum atomic E-state index is -0.790. The fourth-order valence-electron chi connectivity index (χ4n) is 1.34. The molecule has 0 aromatic carbocycles. The van der Waals surface area contributed by atoms with Crippen LogP contribution < -0.4 is 5.32 Å². The first-order valence-corrected chi connectivity index (χ1v) is 5.84. The molecule has 0 aromatic rings. The minimum Gasteiger partial charge on any atom is -0.356 e. The van der Waals surface area contributed by atoms with E-state index in [9.17, 15) is 4.79 Å². The Morgan fingerprint density at radius 2 is 2.14 bits per heavy atom. The fraction of sp³-hybridized carbons (Fsp3) is 0.900. The zero-order valence-corrected chi connectivity index (χ0v) is 10.2. The van der Waals surface area contributed by atoms with E-state index in [0.717, 1.165) is 19.4 Å². The fourth-order valence-corrected chi connectivity index (χ4v) is 1.85. The Kier molecular flexibility index (Phi) is 4.08. The third-order valence-electron chi connectivity index (χ3n) is 2.40. The van der Waals surface area contributed by atoms with Crippen LogP contribution >= 0.6 is 23.2 Å². The molecule has 2 nitrogen and oxygen atoms in total. The average molecular weight is 238 g/mol. The van der Waals surface area contributed by atoms with E-state index in [-0.39, 0.29) is 11.8 Å². The molecule has 1 rings (SSSR count). The Balaban J connectivity index is 2.06. The molecule has 0 aliphatic heterocycles. The summed E-state index contributed by atoms with van der Waals surface area (Å²) < 4.78 is -0.790. The maximum atomic E-state index is 11.4. The summed E-state index contributed by atoms with van der Waals surface area (Å²) in [7, 11) is 0. The predicted molar refractivity (Wildman–Crippen MR) is 59.6 cm³/mol. The molecule has 1 amide bonds. The molecule has 0 saturated heterocycles. The summed E-state index contributed by atoms with van der Waals surface area (Å²) in [5, 5.41) is 2.85. The number of carbonyl (C=O) groups is 1. The van der Waals surface area contributed by atoms with Crippen molar-refractivity contribution in [3.05, 3.63) is 0 Å². The van der Waals surface area contributed by atoms with Crippen LogP contribution in [0, 0.1) is 11.8 Å². The van der Waals surface area contributed by atoms with Crippen LogP contribution in [0.25, 0.3) is 0 Å². The zero-order chi connectivity index (χ0) is 10.8. The summed E-state index contributed by atoms with van der Waals surface area (Å²) in [6, 6.07) is 0. The van der Waals surface area contributed by atoms with Crippen LogP contribution in [0.1, 0.15) is 33.1 Å². The van der Waals surface area contributed by atoms with E-state index < -0.39 is 4.33 Å². The van der Waals surface area contributed by atoms with E-state index >= 15 is 0 Å². The SMILES string of the molecule is CC(C)CCCNC(=O)C1CC1(Cl)Cl. The number of hydrogen-bond donors (Lipinski definition) is 1. The van der Waals surface area contributed by atoms with Crippen molar-refractivity contribution in [2.75, 3.05) is 6.54 Å². The van der Waals surface area contributed by atoms with Gasteiger partial charge >= 0.3 is 0 Å². The number of rotatable bonds is 5. The van der Waals surface area contributed by atoms with Crippen molar-refractivity contribution in [1.82, 2.24) is 5.32 Å². The van der Waals surface area contributed by atoms with Crippen molar-refractivity contribution in [1.29, 1.82) is 0 Å². The molecule has 14 heavy (non-hydrogen) atoms. The molecule has 0 radical (unpaired) electrons. The summed E-state index contributed by atoms with van der Waals surface area (Å²) in [5.41, 5.74) is 0. The molecule has 4 heteroatoms. The third kappa shape index (κ3) is 3.66. The van der Waals surface area contributed by atoms with Crippen molar-refractivity contribution < 1.29 is 4.79 Å². The van der Waals surface area contributed by atoms with Crippen molar-refractivity contribution in [3.63, 3.8) is 0 Å². The molecule has 1 aliphatic rings. The van der Waals surface area contributed by atoms with Gasteiger partial charge in [-0.3, -0.25) is 4.79 Å². The maximum absolute atomic E-state index is 11.4. The number of nitrogens with one attached hydrogen (secondary N) is 1. The molecule has 0 heterocycles. The van der Waals surface area contributed by atoms with E-state index in [2.05, 4.69) is 19.2 Å². The second-order valence-corrected chi connectivity index (χ2v) is 5.89. The quantitative estimate of drug-likeness (QED) is 0.579. The number of alkyl halides is 2. The molecule has 1 N–H and O–H groups in total. The van der Waals surface area contributed by atoms with Gasteiger partial charge in [0.15, 0.2) is 0 Å². The summed E-state index contributed by atoms with van der Waals surface area (Å²) in [6.45, 7) is 5.08. The average Bonchev–Trinajstić information content (AvgIpc) is 2.68. The Hall–Kier alpha value is 0.0500. The first-order chi connectivity index (χ1) is 6.43. The molecule has 1 unspecified atom stereocenters. The van der Waals surface area contributed by atoms with Crippen molar-refractivity contribution >= 4 is 29.1 Å². The minimum absolute atomic E-state index is 0.00115. The van der Waals surface area contributed by atoms with Gasteiger partial charge in [0.1, 0.15) is 4.33 Å². The predicted octanol–water partition coefficient (Wildman–Crippen LogP) is 2.73. The molecule has 1 atom stereocenters. The normalized spacial score (nSPS) is 23.6. The molecule has 1 aliphatic carbocycles. The van der Waals surface area contributed by atoms with Gasteiger partial charge in [-0.1, -0.05) is 13.8 Å². The molecule has 1 saturated carbocycles. The number of hydrogen-bond acceptors (Lipinski definition) is 1. The third-order valence-corrected chi connectivity index (χ3v) is 3.24. The largest absolute Gasteiger partial charge is 0.356 e. The van der Waals surface area contributed by atoms with E-state index in [1.165, 1.54) is 0 Å². The highest BCUT2D eigenvalue weighted by molar-refractivity contribution is 6.52. The van der Waals surface area contributed by atoms with Gasteiger partial charge in [-0.2, -0.15) is 0 Å². The van der Waals surface area contributed by atoms with Gasteiger partial charge in [0.2, 0.25) is 5.91 Å². The highest BCUT2D eigenvalue weighted by atomic mass is 35.5. The van der Waals surface area contributed by atoms with Gasteiger partial charge in [-0.15, -0.1) is 23.2 Å². The van der Waals surface area contributed by atoms with Crippen molar-refractivity contribution in [2.24, 2.45) is 11.8 Å². The topological polar surface area (TPSA) is 29.1 Å². The lowest BCUT2D eigenvalue weighted by Gasteiger charge is -2.06. The van der Waals surface area contributed by atoms with E-state index in [0.29, 0.717) is 12.3 Å².